The van der Waals surface area contributed by atoms with Gasteiger partial charge in [0.2, 0.25) is 11.8 Å². The van der Waals surface area contributed by atoms with E-state index < -0.39 is 5.92 Å². The van der Waals surface area contributed by atoms with Crippen molar-refractivity contribution in [2.75, 3.05) is 11.4 Å². The maximum absolute atomic E-state index is 12.5. The van der Waals surface area contributed by atoms with Gasteiger partial charge < -0.3 is 10.2 Å². The van der Waals surface area contributed by atoms with Gasteiger partial charge in [0.15, 0.2) is 0 Å². The van der Waals surface area contributed by atoms with E-state index in [4.69, 9.17) is 0 Å². The predicted molar refractivity (Wildman–Crippen MR) is 87.7 cm³/mol. The number of anilines is 1. The zero-order chi connectivity index (χ0) is 16.2. The van der Waals surface area contributed by atoms with E-state index in [9.17, 15) is 9.59 Å². The van der Waals surface area contributed by atoms with Gasteiger partial charge in [0.05, 0.1) is 12.2 Å². The molecule has 1 aromatic carbocycles. The Labute approximate surface area is 135 Å². The minimum atomic E-state index is -0.612. The summed E-state index contributed by atoms with van der Waals surface area (Å²) >= 11 is 0. The highest BCUT2D eigenvalue weighted by Crippen LogP contribution is 2.26. The highest BCUT2D eigenvalue weighted by atomic mass is 16.2. The molecule has 118 valence electrons. The minimum absolute atomic E-state index is 0.130. The molecule has 0 radical (unpaired) electrons. The third-order valence-electron chi connectivity index (χ3n) is 4.01. The van der Waals surface area contributed by atoms with Crippen LogP contribution in [-0.4, -0.2) is 23.3 Å². The van der Waals surface area contributed by atoms with E-state index in [0.29, 0.717) is 19.5 Å². The fraction of sp³-hybridized carbons (Fsp3) is 0.278. The third kappa shape index (κ3) is 3.39. The maximum Gasteiger partial charge on any atom is 0.239 e. The Hall–Kier alpha value is -2.69. The number of carbonyl (C=O) groups excluding carboxylic acids is 2. The Bertz CT molecular complexity index is 715. The van der Waals surface area contributed by atoms with Crippen LogP contribution in [0.3, 0.4) is 0 Å². The molecule has 0 spiro atoms. The van der Waals surface area contributed by atoms with Crippen LogP contribution in [0.2, 0.25) is 0 Å². The van der Waals surface area contributed by atoms with Crippen molar-refractivity contribution >= 4 is 17.5 Å². The van der Waals surface area contributed by atoms with E-state index in [2.05, 4.69) is 10.3 Å². The van der Waals surface area contributed by atoms with Gasteiger partial charge in [-0.15, -0.1) is 0 Å². The Balaban J connectivity index is 1.63. The van der Waals surface area contributed by atoms with Crippen molar-refractivity contribution in [2.24, 2.45) is 5.92 Å². The van der Waals surface area contributed by atoms with Crippen LogP contribution in [0, 0.1) is 12.8 Å². The topological polar surface area (TPSA) is 62.3 Å². The summed E-state index contributed by atoms with van der Waals surface area (Å²) in [6, 6.07) is 13.3. The van der Waals surface area contributed by atoms with Gasteiger partial charge in [0.1, 0.15) is 5.92 Å². The van der Waals surface area contributed by atoms with Gasteiger partial charge in [-0.2, -0.15) is 0 Å². The van der Waals surface area contributed by atoms with E-state index in [0.717, 1.165) is 16.9 Å². The number of nitrogens with zero attached hydrogens (tertiary/aromatic N) is 2. The van der Waals surface area contributed by atoms with Gasteiger partial charge in [0.25, 0.3) is 0 Å². The largest absolute Gasteiger partial charge is 0.350 e. The Morgan fingerprint density at radius 1 is 1.30 bits per heavy atom. The SMILES string of the molecule is Cc1cccc(N2CCC(C(=O)NCc3ccccn3)C2=O)c1. The van der Waals surface area contributed by atoms with Crippen LogP contribution in [0.25, 0.3) is 0 Å². The molecule has 0 bridgehead atoms. The van der Waals surface area contributed by atoms with E-state index in [1.807, 2.05) is 49.4 Å². The summed E-state index contributed by atoms with van der Waals surface area (Å²) in [5, 5.41) is 2.81. The quantitative estimate of drug-likeness (QED) is 0.879. The van der Waals surface area contributed by atoms with Crippen LogP contribution in [0.1, 0.15) is 17.7 Å². The second-order valence-corrected chi connectivity index (χ2v) is 5.71. The lowest BCUT2D eigenvalue weighted by Crippen LogP contribution is -2.36. The molecular weight excluding hydrogens is 290 g/mol. The third-order valence-corrected chi connectivity index (χ3v) is 4.01. The number of carbonyl (C=O) groups is 2. The molecule has 3 rings (SSSR count). The van der Waals surface area contributed by atoms with E-state index in [-0.39, 0.29) is 11.8 Å². The van der Waals surface area contributed by atoms with Crippen LogP contribution < -0.4 is 10.2 Å². The highest BCUT2D eigenvalue weighted by molar-refractivity contribution is 6.09. The molecule has 1 atom stereocenters. The monoisotopic (exact) mass is 309 g/mol. The zero-order valence-electron chi connectivity index (χ0n) is 13.0. The van der Waals surface area contributed by atoms with Gasteiger partial charge in [-0.3, -0.25) is 14.6 Å². The van der Waals surface area contributed by atoms with Crippen LogP contribution >= 0.6 is 0 Å². The van der Waals surface area contributed by atoms with Crippen LogP contribution in [0.15, 0.2) is 48.7 Å². The summed E-state index contributed by atoms with van der Waals surface area (Å²) < 4.78 is 0. The zero-order valence-corrected chi connectivity index (χ0v) is 13.0. The summed E-state index contributed by atoms with van der Waals surface area (Å²) in [6.45, 7) is 2.90. The van der Waals surface area contributed by atoms with Crippen LogP contribution in [0.4, 0.5) is 5.69 Å². The molecule has 1 aliphatic heterocycles. The molecule has 2 aromatic rings. The molecule has 1 unspecified atom stereocenters. The van der Waals surface area contributed by atoms with Crippen LogP contribution in [0.5, 0.6) is 0 Å². The normalized spacial score (nSPS) is 17.3. The molecule has 5 heteroatoms. The number of benzene rings is 1. The predicted octanol–water partition coefficient (Wildman–Crippen LogP) is 2.06. The molecule has 2 amide bonds. The molecule has 23 heavy (non-hydrogen) atoms. The van der Waals surface area contributed by atoms with Crippen molar-refractivity contribution in [1.29, 1.82) is 0 Å². The highest BCUT2D eigenvalue weighted by Gasteiger charge is 2.37. The lowest BCUT2D eigenvalue weighted by Gasteiger charge is -2.17. The van der Waals surface area contributed by atoms with E-state index in [1.165, 1.54) is 0 Å². The number of hydrogen-bond donors (Lipinski definition) is 1. The molecule has 1 saturated heterocycles. The molecule has 0 aliphatic carbocycles. The number of aromatic nitrogens is 1. The number of aryl methyl sites for hydroxylation is 1. The molecule has 5 nitrogen and oxygen atoms in total. The van der Waals surface area contributed by atoms with Gasteiger partial charge in [-0.1, -0.05) is 18.2 Å². The van der Waals surface area contributed by atoms with Crippen LogP contribution in [-0.2, 0) is 16.1 Å². The van der Waals surface area contributed by atoms with Crippen molar-refractivity contribution < 1.29 is 9.59 Å². The summed E-state index contributed by atoms with van der Waals surface area (Å²) in [5.74, 6) is -0.968. The average molecular weight is 309 g/mol. The molecule has 1 aromatic heterocycles. The first-order chi connectivity index (χ1) is 11.1. The van der Waals surface area contributed by atoms with Gasteiger partial charge >= 0.3 is 0 Å². The smallest absolute Gasteiger partial charge is 0.239 e. The molecule has 1 aliphatic rings. The maximum atomic E-state index is 12.5. The summed E-state index contributed by atoms with van der Waals surface area (Å²) in [7, 11) is 0. The lowest BCUT2D eigenvalue weighted by atomic mass is 10.1. The molecule has 2 heterocycles. The van der Waals surface area contributed by atoms with Crippen molar-refractivity contribution in [2.45, 2.75) is 19.9 Å². The first-order valence-electron chi connectivity index (χ1n) is 7.71. The van der Waals surface area contributed by atoms with Crippen molar-refractivity contribution in [3.05, 3.63) is 59.9 Å². The summed E-state index contributed by atoms with van der Waals surface area (Å²) in [5.41, 5.74) is 2.73. The number of rotatable bonds is 4. The van der Waals surface area contributed by atoms with Gasteiger partial charge in [-0.25, -0.2) is 0 Å². The molecular formula is C18H19N3O2. The fourth-order valence-corrected chi connectivity index (χ4v) is 2.78. The first kappa shape index (κ1) is 15.2. The number of hydrogen-bond acceptors (Lipinski definition) is 3. The Kier molecular flexibility index (Phi) is 4.37. The number of pyridine rings is 1. The minimum Gasteiger partial charge on any atom is -0.350 e. The lowest BCUT2D eigenvalue weighted by molar-refractivity contribution is -0.132. The second-order valence-electron chi connectivity index (χ2n) is 5.71. The van der Waals surface area contributed by atoms with E-state index in [1.54, 1.807) is 11.1 Å². The van der Waals surface area contributed by atoms with Gasteiger partial charge in [-0.05, 0) is 43.2 Å². The Morgan fingerprint density at radius 3 is 2.91 bits per heavy atom. The standard InChI is InChI=1S/C18H19N3O2/c1-13-5-4-7-15(11-13)21-10-8-16(18(21)23)17(22)20-12-14-6-2-3-9-19-14/h2-7,9,11,16H,8,10,12H2,1H3,(H,20,22). The first-order valence-corrected chi connectivity index (χ1v) is 7.71. The van der Waals surface area contributed by atoms with E-state index >= 15 is 0 Å². The molecule has 0 saturated carbocycles. The number of nitrogens with one attached hydrogen (secondary N) is 1. The summed E-state index contributed by atoms with van der Waals surface area (Å²) in [6.07, 6.45) is 2.22. The second kappa shape index (κ2) is 6.60. The van der Waals surface area contributed by atoms with Crippen molar-refractivity contribution in [3.8, 4) is 0 Å². The van der Waals surface area contributed by atoms with Crippen molar-refractivity contribution in [1.82, 2.24) is 10.3 Å². The summed E-state index contributed by atoms with van der Waals surface area (Å²) in [4.78, 5) is 30.7. The molecule has 1 fully saturated rings. The van der Waals surface area contributed by atoms with Crippen molar-refractivity contribution in [3.63, 3.8) is 0 Å². The number of amides is 2. The average Bonchev–Trinajstić information content (AvgIpc) is 2.95. The van der Waals surface area contributed by atoms with Gasteiger partial charge in [0, 0.05) is 18.4 Å². The Morgan fingerprint density at radius 2 is 2.17 bits per heavy atom. The molecule has 1 N–H and O–H groups in total. The fourth-order valence-electron chi connectivity index (χ4n) is 2.78.